The lowest BCUT2D eigenvalue weighted by Gasteiger charge is -2.02. The molecule has 0 radical (unpaired) electrons. The molecule has 1 aromatic carbocycles. The predicted molar refractivity (Wildman–Crippen MR) is 96.3 cm³/mol. The number of benzene rings is 1. The highest BCUT2D eigenvalue weighted by Gasteiger charge is 2.15. The Morgan fingerprint density at radius 3 is 2.75 bits per heavy atom. The van der Waals surface area contributed by atoms with Crippen LogP contribution in [0.1, 0.15) is 25.6 Å². The average molecular weight is 338 g/mol. The van der Waals surface area contributed by atoms with Gasteiger partial charge in [-0.1, -0.05) is 25.5 Å². The van der Waals surface area contributed by atoms with Crippen LogP contribution in [0.15, 0.2) is 35.5 Å². The minimum Gasteiger partial charge on any atom is -0.340 e. The van der Waals surface area contributed by atoms with E-state index >= 15 is 0 Å². The van der Waals surface area contributed by atoms with E-state index in [0.717, 1.165) is 41.8 Å². The molecular formula is C17H18N6S. The second kappa shape index (κ2) is 6.24. The molecule has 0 bridgehead atoms. The fourth-order valence-electron chi connectivity index (χ4n) is 2.72. The molecule has 4 aromatic rings. The van der Waals surface area contributed by atoms with Crippen molar-refractivity contribution in [3.63, 3.8) is 0 Å². The number of H-pyrrole nitrogens is 1. The molecule has 6 nitrogen and oxygen atoms in total. The first-order chi connectivity index (χ1) is 11.8. The minimum atomic E-state index is 0.699. The van der Waals surface area contributed by atoms with Crippen LogP contribution in [-0.4, -0.2) is 35.8 Å². The van der Waals surface area contributed by atoms with Gasteiger partial charge in [0.05, 0.1) is 6.33 Å². The molecule has 0 atom stereocenters. The quantitative estimate of drug-likeness (QED) is 0.561. The zero-order valence-electron chi connectivity index (χ0n) is 13.7. The van der Waals surface area contributed by atoms with Crippen molar-refractivity contribution < 1.29 is 0 Å². The van der Waals surface area contributed by atoms with Crippen LogP contribution >= 0.6 is 11.8 Å². The average Bonchev–Trinajstić information content (AvgIpc) is 3.26. The largest absolute Gasteiger partial charge is 0.340 e. The van der Waals surface area contributed by atoms with Gasteiger partial charge in [0.25, 0.3) is 0 Å². The second-order valence-electron chi connectivity index (χ2n) is 5.63. The lowest BCUT2D eigenvalue weighted by molar-refractivity contribution is 0.719. The smallest absolute Gasteiger partial charge is 0.185 e. The number of nitrogens with zero attached hydrogens (tertiary/aromatic N) is 5. The molecule has 0 aliphatic rings. The van der Waals surface area contributed by atoms with E-state index in [4.69, 9.17) is 10.1 Å². The molecule has 0 fully saturated rings. The van der Waals surface area contributed by atoms with Crippen molar-refractivity contribution >= 4 is 28.6 Å². The molecule has 0 saturated heterocycles. The maximum atomic E-state index is 4.74. The molecule has 3 heterocycles. The van der Waals surface area contributed by atoms with Crippen LogP contribution in [0.2, 0.25) is 0 Å². The first kappa shape index (κ1) is 15.1. The van der Waals surface area contributed by atoms with Crippen molar-refractivity contribution in [2.75, 3.05) is 6.26 Å². The summed E-state index contributed by atoms with van der Waals surface area (Å²) in [5.74, 6) is 1.62. The molecule has 0 aliphatic carbocycles. The van der Waals surface area contributed by atoms with Crippen molar-refractivity contribution in [2.24, 2.45) is 0 Å². The number of hydrogen-bond donors (Lipinski definition) is 1. The summed E-state index contributed by atoms with van der Waals surface area (Å²) in [4.78, 5) is 18.0. The van der Waals surface area contributed by atoms with Gasteiger partial charge in [0, 0.05) is 16.9 Å². The number of aromatic amines is 1. The number of fused-ring (bicyclic) bond motifs is 3. The van der Waals surface area contributed by atoms with E-state index in [9.17, 15) is 0 Å². The van der Waals surface area contributed by atoms with Gasteiger partial charge in [-0.25, -0.2) is 15.0 Å². The van der Waals surface area contributed by atoms with Crippen LogP contribution < -0.4 is 0 Å². The van der Waals surface area contributed by atoms with Gasteiger partial charge in [0.2, 0.25) is 0 Å². The first-order valence-corrected chi connectivity index (χ1v) is 9.25. The van der Waals surface area contributed by atoms with Crippen molar-refractivity contribution in [1.82, 2.24) is 29.5 Å². The Morgan fingerprint density at radius 1 is 1.17 bits per heavy atom. The van der Waals surface area contributed by atoms with E-state index in [1.165, 1.54) is 4.90 Å². The fourth-order valence-corrected chi connectivity index (χ4v) is 3.13. The summed E-state index contributed by atoms with van der Waals surface area (Å²) in [6, 6.07) is 8.30. The standard InChI is InChI=1S/C17H18N6S/c1-3-4-5-13-20-16-14(18-10-19-16)17-21-15(22-23(13)17)11-6-8-12(24-2)9-7-11/h6-10H,3-5H2,1-2H3,(H,18,19). The molecular weight excluding hydrogens is 320 g/mol. The minimum absolute atomic E-state index is 0.699. The molecule has 0 spiro atoms. The molecule has 3 aromatic heterocycles. The molecule has 24 heavy (non-hydrogen) atoms. The van der Waals surface area contributed by atoms with Crippen molar-refractivity contribution in [1.29, 1.82) is 0 Å². The van der Waals surface area contributed by atoms with Crippen LogP contribution in [0.4, 0.5) is 0 Å². The molecule has 0 amide bonds. The highest BCUT2D eigenvalue weighted by atomic mass is 32.2. The normalized spacial score (nSPS) is 11.6. The van der Waals surface area contributed by atoms with Gasteiger partial charge < -0.3 is 4.98 Å². The zero-order valence-corrected chi connectivity index (χ0v) is 14.5. The number of aromatic nitrogens is 6. The third-order valence-electron chi connectivity index (χ3n) is 4.03. The van der Waals surface area contributed by atoms with E-state index in [-0.39, 0.29) is 0 Å². The summed E-state index contributed by atoms with van der Waals surface area (Å²) >= 11 is 1.72. The van der Waals surface area contributed by atoms with Gasteiger partial charge in [0.1, 0.15) is 11.3 Å². The fraction of sp³-hybridized carbons (Fsp3) is 0.294. The summed E-state index contributed by atoms with van der Waals surface area (Å²) in [5.41, 5.74) is 3.32. The Balaban J connectivity index is 1.88. The third-order valence-corrected chi connectivity index (χ3v) is 4.78. The lowest BCUT2D eigenvalue weighted by atomic mass is 10.2. The Labute approximate surface area is 143 Å². The van der Waals surface area contributed by atoms with Gasteiger partial charge in [-0.15, -0.1) is 16.9 Å². The number of hydrogen-bond acceptors (Lipinski definition) is 5. The Kier molecular flexibility index (Phi) is 3.93. The summed E-state index contributed by atoms with van der Waals surface area (Å²) in [6.45, 7) is 2.17. The third kappa shape index (κ3) is 2.54. The Bertz CT molecular complexity index is 986. The topological polar surface area (TPSA) is 71.8 Å². The van der Waals surface area contributed by atoms with Crippen LogP contribution in [-0.2, 0) is 6.42 Å². The number of imidazole rings is 1. The monoisotopic (exact) mass is 338 g/mol. The van der Waals surface area contributed by atoms with Gasteiger partial charge in [-0.3, -0.25) is 0 Å². The molecule has 0 aliphatic heterocycles. The number of thioether (sulfide) groups is 1. The number of aryl methyl sites for hydroxylation is 1. The van der Waals surface area contributed by atoms with Gasteiger partial charge in [-0.2, -0.15) is 4.52 Å². The maximum absolute atomic E-state index is 4.74. The maximum Gasteiger partial charge on any atom is 0.185 e. The second-order valence-corrected chi connectivity index (χ2v) is 6.51. The number of rotatable bonds is 5. The number of unbranched alkanes of at least 4 members (excludes halogenated alkanes) is 1. The van der Waals surface area contributed by atoms with Crippen molar-refractivity contribution in [2.45, 2.75) is 31.1 Å². The van der Waals surface area contributed by atoms with Crippen LogP contribution in [0, 0.1) is 0 Å². The molecule has 4 rings (SSSR count). The van der Waals surface area contributed by atoms with E-state index in [2.05, 4.69) is 52.4 Å². The van der Waals surface area contributed by atoms with Gasteiger partial charge in [-0.05, 0) is 24.8 Å². The van der Waals surface area contributed by atoms with E-state index in [1.54, 1.807) is 18.1 Å². The Hall–Kier alpha value is -2.41. The predicted octanol–water partition coefficient (Wildman–Crippen LogP) is 3.73. The summed E-state index contributed by atoms with van der Waals surface area (Å²) in [5, 5.41) is 4.71. The van der Waals surface area contributed by atoms with E-state index in [1.807, 2.05) is 4.52 Å². The van der Waals surface area contributed by atoms with Gasteiger partial charge in [0.15, 0.2) is 17.1 Å². The SMILES string of the molecule is CCCCc1nc2nc[nH]c2c2nc(-c3ccc(SC)cc3)nn12. The summed E-state index contributed by atoms with van der Waals surface area (Å²) in [6.07, 6.45) is 6.76. The zero-order chi connectivity index (χ0) is 16.5. The van der Waals surface area contributed by atoms with Crippen molar-refractivity contribution in [3.05, 3.63) is 36.4 Å². The van der Waals surface area contributed by atoms with E-state index < -0.39 is 0 Å². The molecule has 7 heteroatoms. The number of nitrogens with one attached hydrogen (secondary N) is 1. The Morgan fingerprint density at radius 2 is 2.00 bits per heavy atom. The van der Waals surface area contributed by atoms with Crippen LogP contribution in [0.25, 0.3) is 28.2 Å². The molecule has 122 valence electrons. The summed E-state index contributed by atoms with van der Waals surface area (Å²) in [7, 11) is 0. The highest BCUT2D eigenvalue weighted by molar-refractivity contribution is 7.98. The highest BCUT2D eigenvalue weighted by Crippen LogP contribution is 2.23. The van der Waals surface area contributed by atoms with Crippen LogP contribution in [0.3, 0.4) is 0 Å². The summed E-state index contributed by atoms with van der Waals surface area (Å²) < 4.78 is 1.86. The molecule has 0 unspecified atom stereocenters. The first-order valence-electron chi connectivity index (χ1n) is 8.03. The van der Waals surface area contributed by atoms with Crippen molar-refractivity contribution in [3.8, 4) is 11.4 Å². The molecule has 1 N–H and O–H groups in total. The van der Waals surface area contributed by atoms with E-state index in [0.29, 0.717) is 11.5 Å². The van der Waals surface area contributed by atoms with Gasteiger partial charge >= 0.3 is 0 Å². The lowest BCUT2D eigenvalue weighted by Crippen LogP contribution is -2.03. The molecule has 0 saturated carbocycles. The van der Waals surface area contributed by atoms with Crippen LogP contribution in [0.5, 0.6) is 0 Å².